The average molecular weight is 237 g/mol. The Labute approximate surface area is 106 Å². The van der Waals surface area contributed by atoms with E-state index < -0.39 is 0 Å². The SMILES string of the molecule is Cc1ccnc2nc(C(C)c3ccccc3)[nH]c12. The molecule has 90 valence electrons. The number of nitrogens with zero attached hydrogens (tertiary/aromatic N) is 2. The molecular formula is C15H15N3. The molecule has 0 saturated heterocycles. The molecule has 3 aromatic rings. The Morgan fingerprint density at radius 2 is 1.89 bits per heavy atom. The van der Waals surface area contributed by atoms with Crippen LogP contribution in [-0.4, -0.2) is 15.0 Å². The number of benzene rings is 1. The second-order valence-corrected chi connectivity index (χ2v) is 4.58. The minimum Gasteiger partial charge on any atom is -0.340 e. The number of nitrogens with one attached hydrogen (secondary N) is 1. The number of imidazole rings is 1. The van der Waals surface area contributed by atoms with Gasteiger partial charge >= 0.3 is 0 Å². The number of aryl methyl sites for hydroxylation is 1. The fraction of sp³-hybridized carbons (Fsp3) is 0.200. The molecule has 0 radical (unpaired) electrons. The molecule has 0 bridgehead atoms. The minimum absolute atomic E-state index is 0.250. The molecule has 1 atom stereocenters. The zero-order chi connectivity index (χ0) is 12.5. The van der Waals surface area contributed by atoms with Gasteiger partial charge in [-0.2, -0.15) is 0 Å². The summed E-state index contributed by atoms with van der Waals surface area (Å²) in [6, 6.07) is 12.4. The van der Waals surface area contributed by atoms with E-state index in [2.05, 4.69) is 53.1 Å². The van der Waals surface area contributed by atoms with Gasteiger partial charge in [0.25, 0.3) is 0 Å². The third kappa shape index (κ3) is 1.78. The van der Waals surface area contributed by atoms with Gasteiger partial charge in [-0.1, -0.05) is 37.3 Å². The predicted molar refractivity (Wildman–Crippen MR) is 72.6 cm³/mol. The van der Waals surface area contributed by atoms with Crippen molar-refractivity contribution in [2.75, 3.05) is 0 Å². The Kier molecular flexibility index (Phi) is 2.59. The highest BCUT2D eigenvalue weighted by Gasteiger charge is 2.13. The number of H-pyrrole nitrogens is 1. The lowest BCUT2D eigenvalue weighted by Crippen LogP contribution is -1.97. The summed E-state index contributed by atoms with van der Waals surface area (Å²) >= 11 is 0. The first-order valence-corrected chi connectivity index (χ1v) is 6.12. The molecule has 1 unspecified atom stereocenters. The van der Waals surface area contributed by atoms with Crippen molar-refractivity contribution in [3.63, 3.8) is 0 Å². The first-order chi connectivity index (χ1) is 8.75. The van der Waals surface area contributed by atoms with Crippen LogP contribution in [0.4, 0.5) is 0 Å². The fourth-order valence-electron chi connectivity index (χ4n) is 2.16. The van der Waals surface area contributed by atoms with Crippen LogP contribution < -0.4 is 0 Å². The smallest absolute Gasteiger partial charge is 0.177 e. The van der Waals surface area contributed by atoms with Crippen molar-refractivity contribution in [3.05, 3.63) is 59.5 Å². The number of aromatic nitrogens is 3. The standard InChI is InChI=1S/C15H15N3/c1-10-8-9-16-15-13(10)17-14(18-15)11(2)12-6-4-3-5-7-12/h3-9,11H,1-2H3,(H,16,17,18). The van der Waals surface area contributed by atoms with Gasteiger partial charge in [-0.15, -0.1) is 0 Å². The molecule has 2 aromatic heterocycles. The molecule has 2 heterocycles. The van der Waals surface area contributed by atoms with E-state index in [9.17, 15) is 0 Å². The van der Waals surface area contributed by atoms with E-state index in [0.29, 0.717) is 0 Å². The van der Waals surface area contributed by atoms with Crippen molar-refractivity contribution in [1.82, 2.24) is 15.0 Å². The monoisotopic (exact) mass is 237 g/mol. The summed E-state index contributed by atoms with van der Waals surface area (Å²) in [5, 5.41) is 0. The van der Waals surface area contributed by atoms with E-state index in [4.69, 9.17) is 0 Å². The largest absolute Gasteiger partial charge is 0.340 e. The maximum Gasteiger partial charge on any atom is 0.177 e. The van der Waals surface area contributed by atoms with Crippen molar-refractivity contribution < 1.29 is 0 Å². The zero-order valence-electron chi connectivity index (χ0n) is 10.5. The second-order valence-electron chi connectivity index (χ2n) is 4.58. The van der Waals surface area contributed by atoms with E-state index in [-0.39, 0.29) is 5.92 Å². The number of aromatic amines is 1. The lowest BCUT2D eigenvalue weighted by Gasteiger charge is -2.07. The summed E-state index contributed by atoms with van der Waals surface area (Å²) in [6.07, 6.45) is 1.80. The quantitative estimate of drug-likeness (QED) is 0.742. The van der Waals surface area contributed by atoms with Gasteiger partial charge in [0, 0.05) is 12.1 Å². The van der Waals surface area contributed by atoms with Crippen LogP contribution in [-0.2, 0) is 0 Å². The normalized spacial score (nSPS) is 12.8. The molecule has 0 aliphatic carbocycles. The van der Waals surface area contributed by atoms with Crippen LogP contribution in [0.5, 0.6) is 0 Å². The van der Waals surface area contributed by atoms with Gasteiger partial charge < -0.3 is 4.98 Å². The Bertz CT molecular complexity index is 671. The van der Waals surface area contributed by atoms with E-state index in [1.165, 1.54) is 11.1 Å². The highest BCUT2D eigenvalue weighted by atomic mass is 15.0. The summed E-state index contributed by atoms with van der Waals surface area (Å²) in [5.41, 5.74) is 4.27. The van der Waals surface area contributed by atoms with E-state index in [1.54, 1.807) is 6.20 Å². The third-order valence-electron chi connectivity index (χ3n) is 3.33. The molecule has 1 aromatic carbocycles. The van der Waals surface area contributed by atoms with Crippen LogP contribution in [0.1, 0.15) is 29.8 Å². The molecule has 3 rings (SSSR count). The molecule has 3 heteroatoms. The number of hydrogen-bond donors (Lipinski definition) is 1. The maximum atomic E-state index is 4.58. The van der Waals surface area contributed by atoms with Gasteiger partial charge in [-0.25, -0.2) is 9.97 Å². The first kappa shape index (κ1) is 11.0. The van der Waals surface area contributed by atoms with Crippen molar-refractivity contribution in [2.24, 2.45) is 0 Å². The summed E-state index contributed by atoms with van der Waals surface area (Å²) < 4.78 is 0. The molecule has 1 N–H and O–H groups in total. The number of hydrogen-bond acceptors (Lipinski definition) is 2. The molecule has 0 aliphatic rings. The van der Waals surface area contributed by atoms with Gasteiger partial charge in [0.1, 0.15) is 5.82 Å². The highest BCUT2D eigenvalue weighted by Crippen LogP contribution is 2.24. The van der Waals surface area contributed by atoms with Gasteiger partial charge in [0.05, 0.1) is 5.52 Å². The van der Waals surface area contributed by atoms with Crippen molar-refractivity contribution in [3.8, 4) is 0 Å². The first-order valence-electron chi connectivity index (χ1n) is 6.12. The number of rotatable bonds is 2. The van der Waals surface area contributed by atoms with E-state index in [1.807, 2.05) is 12.1 Å². The van der Waals surface area contributed by atoms with Crippen LogP contribution >= 0.6 is 0 Å². The van der Waals surface area contributed by atoms with Gasteiger partial charge in [-0.05, 0) is 24.1 Å². The average Bonchev–Trinajstić information content (AvgIpc) is 2.84. The van der Waals surface area contributed by atoms with Gasteiger partial charge in [0.15, 0.2) is 5.65 Å². The fourth-order valence-corrected chi connectivity index (χ4v) is 2.16. The van der Waals surface area contributed by atoms with Crippen molar-refractivity contribution in [1.29, 1.82) is 0 Å². The van der Waals surface area contributed by atoms with Crippen LogP contribution in [0.3, 0.4) is 0 Å². The van der Waals surface area contributed by atoms with Crippen LogP contribution in [0.25, 0.3) is 11.2 Å². The van der Waals surface area contributed by atoms with E-state index in [0.717, 1.165) is 17.0 Å². The molecule has 0 aliphatic heterocycles. The third-order valence-corrected chi connectivity index (χ3v) is 3.33. The van der Waals surface area contributed by atoms with Crippen molar-refractivity contribution in [2.45, 2.75) is 19.8 Å². The molecule has 0 fully saturated rings. The summed E-state index contributed by atoms with van der Waals surface area (Å²) in [7, 11) is 0. The Morgan fingerprint density at radius 1 is 1.11 bits per heavy atom. The Hall–Kier alpha value is -2.16. The molecule has 0 spiro atoms. The maximum absolute atomic E-state index is 4.58. The zero-order valence-corrected chi connectivity index (χ0v) is 10.5. The molecule has 0 amide bonds. The minimum atomic E-state index is 0.250. The lowest BCUT2D eigenvalue weighted by atomic mass is 10.0. The van der Waals surface area contributed by atoms with E-state index >= 15 is 0 Å². The number of fused-ring (bicyclic) bond motifs is 1. The summed E-state index contributed by atoms with van der Waals surface area (Å²) in [6.45, 7) is 4.22. The molecule has 0 saturated carbocycles. The van der Waals surface area contributed by atoms with Gasteiger partial charge in [0.2, 0.25) is 0 Å². The van der Waals surface area contributed by atoms with Crippen LogP contribution in [0.2, 0.25) is 0 Å². The summed E-state index contributed by atoms with van der Waals surface area (Å²) in [4.78, 5) is 12.3. The molecular weight excluding hydrogens is 222 g/mol. The predicted octanol–water partition coefficient (Wildman–Crippen LogP) is 3.42. The number of pyridine rings is 1. The summed E-state index contributed by atoms with van der Waals surface area (Å²) in [5.74, 6) is 1.22. The Balaban J connectivity index is 2.07. The van der Waals surface area contributed by atoms with Gasteiger partial charge in [-0.3, -0.25) is 0 Å². The van der Waals surface area contributed by atoms with Crippen LogP contribution in [0, 0.1) is 6.92 Å². The van der Waals surface area contributed by atoms with Crippen molar-refractivity contribution >= 4 is 11.2 Å². The Morgan fingerprint density at radius 3 is 2.61 bits per heavy atom. The topological polar surface area (TPSA) is 41.6 Å². The molecule has 3 nitrogen and oxygen atoms in total. The second kappa shape index (κ2) is 4.26. The van der Waals surface area contributed by atoms with Crippen LogP contribution in [0.15, 0.2) is 42.6 Å². The highest BCUT2D eigenvalue weighted by molar-refractivity contribution is 5.74. The lowest BCUT2D eigenvalue weighted by molar-refractivity contribution is 0.844. The molecule has 18 heavy (non-hydrogen) atoms.